The molecule has 0 radical (unpaired) electrons. The summed E-state index contributed by atoms with van der Waals surface area (Å²) in [5, 5.41) is 3.30. The van der Waals surface area contributed by atoms with Gasteiger partial charge in [-0.25, -0.2) is 21.6 Å². The number of carbonyl (C=O) groups is 1. The minimum absolute atomic E-state index is 0.0150. The van der Waals surface area contributed by atoms with Crippen LogP contribution in [0.5, 0.6) is 0 Å². The van der Waals surface area contributed by atoms with Gasteiger partial charge in [0.05, 0.1) is 15.5 Å². The highest BCUT2D eigenvalue weighted by atomic mass is 35.5. The van der Waals surface area contributed by atoms with Crippen molar-refractivity contribution in [2.75, 3.05) is 13.6 Å². The molecule has 5 aliphatic rings. The predicted molar refractivity (Wildman–Crippen MR) is 153 cm³/mol. The highest BCUT2D eigenvalue weighted by Crippen LogP contribution is 2.71. The van der Waals surface area contributed by atoms with E-state index in [4.69, 9.17) is 16.6 Å². The van der Waals surface area contributed by atoms with Gasteiger partial charge in [0.15, 0.2) is 0 Å². The van der Waals surface area contributed by atoms with Gasteiger partial charge in [-0.15, -0.1) is 0 Å². The second-order valence-electron chi connectivity index (χ2n) is 13.1. The van der Waals surface area contributed by atoms with Crippen molar-refractivity contribution in [3.05, 3.63) is 64.9 Å². The molecule has 4 aliphatic carbocycles. The van der Waals surface area contributed by atoms with Crippen molar-refractivity contribution in [2.45, 2.75) is 80.4 Å². The molecule has 1 heterocycles. The molecule has 1 atom stereocenters. The van der Waals surface area contributed by atoms with Crippen LogP contribution < -0.4 is 5.32 Å². The van der Waals surface area contributed by atoms with Gasteiger partial charge in [-0.3, -0.25) is 9.79 Å². The van der Waals surface area contributed by atoms with Gasteiger partial charge in [-0.1, -0.05) is 35.9 Å². The fourth-order valence-corrected chi connectivity index (χ4v) is 9.12. The molecular formula is C30H34ClF3N4O3S. The summed E-state index contributed by atoms with van der Waals surface area (Å²) in [5.41, 5.74) is -1.33. The maximum absolute atomic E-state index is 14.3. The van der Waals surface area contributed by atoms with Crippen molar-refractivity contribution in [1.29, 1.82) is 0 Å². The zero-order valence-electron chi connectivity index (χ0n) is 23.7. The third kappa shape index (κ3) is 4.81. The number of nitrogens with zero attached hydrogens (tertiary/aromatic N) is 3. The van der Waals surface area contributed by atoms with Crippen LogP contribution in [0.3, 0.4) is 0 Å². The number of alkyl halides is 2. The lowest BCUT2D eigenvalue weighted by Gasteiger charge is -2.72. The number of nitrogens with one attached hydrogen (secondary N) is 1. The lowest BCUT2D eigenvalue weighted by molar-refractivity contribution is -0.151. The Kier molecular flexibility index (Phi) is 6.79. The van der Waals surface area contributed by atoms with Crippen LogP contribution in [0.15, 0.2) is 58.4 Å². The molecule has 42 heavy (non-hydrogen) atoms. The highest BCUT2D eigenvalue weighted by molar-refractivity contribution is 7.89. The summed E-state index contributed by atoms with van der Waals surface area (Å²) in [5.74, 6) is -2.99. The van der Waals surface area contributed by atoms with E-state index in [0.29, 0.717) is 30.7 Å². The number of sulfonamides is 1. The van der Waals surface area contributed by atoms with E-state index in [1.54, 1.807) is 43.4 Å². The number of aliphatic imine (C=N–C) groups is 1. The fourth-order valence-electron chi connectivity index (χ4n) is 7.23. The molecule has 226 valence electrons. The molecule has 0 spiro atoms. The summed E-state index contributed by atoms with van der Waals surface area (Å²) in [7, 11) is -2.29. The van der Waals surface area contributed by atoms with Crippen LogP contribution >= 0.6 is 11.6 Å². The smallest absolute Gasteiger partial charge is 0.248 e. The number of halogens is 4. The van der Waals surface area contributed by atoms with Gasteiger partial charge in [0.1, 0.15) is 17.7 Å². The Morgan fingerprint density at radius 3 is 2.33 bits per heavy atom. The van der Waals surface area contributed by atoms with Crippen molar-refractivity contribution < 1.29 is 26.4 Å². The molecule has 7 nitrogen and oxygen atoms in total. The molecule has 4 saturated carbocycles. The number of hydrogen-bond donors (Lipinski definition) is 1. The first-order chi connectivity index (χ1) is 19.6. The molecule has 4 fully saturated rings. The molecule has 7 rings (SSSR count). The summed E-state index contributed by atoms with van der Waals surface area (Å²) in [4.78, 5) is 19.9. The van der Waals surface area contributed by atoms with E-state index in [9.17, 15) is 26.4 Å². The minimum atomic E-state index is -3.92. The molecule has 0 unspecified atom stereocenters. The normalized spacial score (nSPS) is 29.1. The first kappa shape index (κ1) is 29.4. The quantitative estimate of drug-likeness (QED) is 0.415. The van der Waals surface area contributed by atoms with Crippen molar-refractivity contribution in [3.63, 3.8) is 0 Å². The number of amidine groups is 1. The molecule has 0 aromatic heterocycles. The number of amides is 1. The Balaban J connectivity index is 1.19. The second kappa shape index (κ2) is 9.69. The first-order valence-electron chi connectivity index (χ1n) is 14.1. The number of carbonyl (C=O) groups excluding carboxylic acids is 1. The molecule has 1 N–H and O–H groups in total. The molecule has 2 aromatic carbocycles. The van der Waals surface area contributed by atoms with Crippen molar-refractivity contribution >= 4 is 33.4 Å². The van der Waals surface area contributed by atoms with E-state index >= 15 is 0 Å². The third-order valence-corrected chi connectivity index (χ3v) is 11.7. The predicted octanol–water partition coefficient (Wildman–Crippen LogP) is 5.25. The summed E-state index contributed by atoms with van der Waals surface area (Å²) in [6, 6.07) is 11.8. The minimum Gasteiger partial charge on any atom is -0.360 e. The maximum atomic E-state index is 14.3. The summed E-state index contributed by atoms with van der Waals surface area (Å²) < 4.78 is 70.2. The Hall–Kier alpha value is -2.63. The molecule has 12 heteroatoms. The number of hydrogen-bond acceptors (Lipinski definition) is 5. The van der Waals surface area contributed by atoms with Gasteiger partial charge < -0.3 is 10.2 Å². The van der Waals surface area contributed by atoms with Crippen molar-refractivity contribution in [1.82, 2.24) is 14.5 Å². The van der Waals surface area contributed by atoms with Crippen LogP contribution in [0.25, 0.3) is 0 Å². The average Bonchev–Trinajstić information content (AvgIpc) is 3.17. The monoisotopic (exact) mass is 622 g/mol. The zero-order valence-corrected chi connectivity index (χ0v) is 25.3. The van der Waals surface area contributed by atoms with Crippen LogP contribution in [0.2, 0.25) is 5.02 Å². The number of benzene rings is 2. The summed E-state index contributed by atoms with van der Waals surface area (Å²) in [6.45, 7) is 3.98. The Morgan fingerprint density at radius 1 is 1.10 bits per heavy atom. The van der Waals surface area contributed by atoms with Crippen molar-refractivity contribution in [2.24, 2.45) is 16.3 Å². The Bertz CT molecular complexity index is 1540. The standard InChI is InChI=1S/C30H34ClF3N4O3S/c1-27(2)24(25(39)37(3)14-20-12-30(33,34)13-20)35-26(36-27)28-16-29(17-28,18-28)38(15-19-9-10-22(31)23(32)11-19)42(40,41)21-7-5-4-6-8-21/h4-11,20,24H,12-18H2,1-3H3,(H,35,36)/t24-,28?,29?/m0/s1. The first-order valence-corrected chi connectivity index (χ1v) is 15.9. The maximum Gasteiger partial charge on any atom is 0.248 e. The molecule has 1 aliphatic heterocycles. The Labute approximate surface area is 249 Å². The van der Waals surface area contributed by atoms with Gasteiger partial charge in [0, 0.05) is 43.9 Å². The van der Waals surface area contributed by atoms with Gasteiger partial charge in [-0.2, -0.15) is 4.31 Å². The van der Waals surface area contributed by atoms with E-state index in [1.807, 2.05) is 13.8 Å². The molecular weight excluding hydrogens is 589 g/mol. The van der Waals surface area contributed by atoms with Gasteiger partial charge in [0.2, 0.25) is 21.9 Å². The average molecular weight is 623 g/mol. The third-order valence-electron chi connectivity index (χ3n) is 9.39. The summed E-state index contributed by atoms with van der Waals surface area (Å²) in [6.07, 6.45) is 1.13. The van der Waals surface area contributed by atoms with Gasteiger partial charge in [-0.05, 0) is 68.9 Å². The van der Waals surface area contributed by atoms with Crippen LogP contribution in [0.1, 0.15) is 51.5 Å². The molecule has 1 amide bonds. The number of rotatable bonds is 9. The van der Waals surface area contributed by atoms with Crippen LogP contribution in [-0.2, 0) is 21.4 Å². The topological polar surface area (TPSA) is 82.1 Å². The fraction of sp³-hybridized carbons (Fsp3) is 0.533. The molecule has 2 bridgehead atoms. The lowest BCUT2D eigenvalue weighted by Crippen LogP contribution is -2.78. The van der Waals surface area contributed by atoms with E-state index in [1.165, 1.54) is 21.3 Å². The van der Waals surface area contributed by atoms with Crippen molar-refractivity contribution in [3.8, 4) is 0 Å². The van der Waals surface area contributed by atoms with Crippen LogP contribution in [0, 0.1) is 17.2 Å². The molecule has 0 saturated heterocycles. The largest absolute Gasteiger partial charge is 0.360 e. The van der Waals surface area contributed by atoms with Crippen LogP contribution in [-0.4, -0.2) is 66.0 Å². The van der Waals surface area contributed by atoms with E-state index in [-0.39, 0.29) is 47.7 Å². The summed E-state index contributed by atoms with van der Waals surface area (Å²) >= 11 is 5.87. The van der Waals surface area contributed by atoms with E-state index < -0.39 is 44.3 Å². The Morgan fingerprint density at radius 2 is 1.74 bits per heavy atom. The number of likely N-dealkylation sites (N-methyl/N-ethyl adjacent to an activating group) is 1. The SMILES string of the molecule is CN(CC1CC(F)(F)C1)C(=O)[C@@H]1NC(C23CC(N(Cc4ccc(Cl)c(F)c4)S(=O)(=O)c4ccccc4)(C2)C3)=NC1(C)C. The van der Waals surface area contributed by atoms with Gasteiger partial charge in [0.25, 0.3) is 0 Å². The van der Waals surface area contributed by atoms with Crippen LogP contribution in [0.4, 0.5) is 13.2 Å². The van der Waals surface area contributed by atoms with Gasteiger partial charge >= 0.3 is 0 Å². The van der Waals surface area contributed by atoms with E-state index in [0.717, 1.165) is 0 Å². The van der Waals surface area contributed by atoms with E-state index in [2.05, 4.69) is 5.32 Å². The second-order valence-corrected chi connectivity index (χ2v) is 15.4. The lowest BCUT2D eigenvalue weighted by atomic mass is 9.38. The highest BCUT2D eigenvalue weighted by Gasteiger charge is 2.75. The molecule has 2 aromatic rings. The zero-order chi connectivity index (χ0) is 30.3.